The Labute approximate surface area is 122 Å². The van der Waals surface area contributed by atoms with Crippen LogP contribution in [0, 0.1) is 0 Å². The van der Waals surface area contributed by atoms with Crippen molar-refractivity contribution in [3.8, 4) is 23.0 Å². The van der Waals surface area contributed by atoms with Gasteiger partial charge in [0.15, 0.2) is 11.5 Å². The first-order valence-corrected chi connectivity index (χ1v) is 5.73. The molecule has 0 saturated carbocycles. The zero-order valence-electron chi connectivity index (χ0n) is 10.8. The molecule has 22 heavy (non-hydrogen) atoms. The predicted molar refractivity (Wildman–Crippen MR) is 69.3 cm³/mol. The van der Waals surface area contributed by atoms with Crippen LogP contribution in [0.15, 0.2) is 36.4 Å². The Bertz CT molecular complexity index is 666. The van der Waals surface area contributed by atoms with Crippen molar-refractivity contribution in [3.63, 3.8) is 0 Å². The Morgan fingerprint density at radius 2 is 1.36 bits per heavy atom. The van der Waals surface area contributed by atoms with E-state index in [4.69, 9.17) is 21.0 Å². The summed E-state index contributed by atoms with van der Waals surface area (Å²) in [5, 5.41) is 34.8. The molecular formula is C13H10O9. The maximum absolute atomic E-state index is 12.4. The van der Waals surface area contributed by atoms with Crippen LogP contribution in [0.1, 0.15) is 15.9 Å². The first kappa shape index (κ1) is 15.5. The molecule has 0 radical (unpaired) electrons. The minimum atomic E-state index is -0.601. The van der Waals surface area contributed by atoms with Crippen molar-refractivity contribution in [3.05, 3.63) is 47.5 Å². The lowest BCUT2D eigenvalue weighted by Gasteiger charge is -2.11. The summed E-state index contributed by atoms with van der Waals surface area (Å²) < 4.78 is 0. The lowest BCUT2D eigenvalue weighted by molar-refractivity contribution is -0.178. The third kappa shape index (κ3) is 2.77. The van der Waals surface area contributed by atoms with Crippen LogP contribution in [0.25, 0.3) is 0 Å². The molecule has 0 aliphatic carbocycles. The Kier molecular flexibility index (Phi) is 4.76. The summed E-state index contributed by atoms with van der Waals surface area (Å²) in [5.74, 6) is -2.00. The maximum atomic E-state index is 12.4. The average Bonchev–Trinajstić information content (AvgIpc) is 2.59. The van der Waals surface area contributed by atoms with Crippen LogP contribution in [0.5, 0.6) is 23.0 Å². The second-order valence-electron chi connectivity index (χ2n) is 3.99. The molecule has 9 heteroatoms. The van der Waals surface area contributed by atoms with E-state index in [1.54, 1.807) is 0 Å². The predicted octanol–water partition coefficient (Wildman–Crippen LogP) is 2.32. The summed E-state index contributed by atoms with van der Waals surface area (Å²) in [5.41, 5.74) is -0.00864. The van der Waals surface area contributed by atoms with E-state index in [-0.39, 0.29) is 22.6 Å². The van der Waals surface area contributed by atoms with Gasteiger partial charge in [0.1, 0.15) is 0 Å². The van der Waals surface area contributed by atoms with Crippen molar-refractivity contribution in [1.82, 2.24) is 0 Å². The summed E-state index contributed by atoms with van der Waals surface area (Å²) >= 11 is 0. The Balaban J connectivity index is 2.48. The molecule has 0 atom stereocenters. The van der Waals surface area contributed by atoms with Gasteiger partial charge < -0.3 is 19.6 Å². The lowest BCUT2D eigenvalue weighted by atomic mass is 10.0. The highest BCUT2D eigenvalue weighted by Crippen LogP contribution is 2.40. The van der Waals surface area contributed by atoms with Gasteiger partial charge in [0.25, 0.3) is 5.75 Å². The Morgan fingerprint density at radius 3 is 1.86 bits per heavy atom. The van der Waals surface area contributed by atoms with Crippen LogP contribution in [0.3, 0.4) is 0 Å². The average molecular weight is 310 g/mol. The number of ketones is 1. The number of carbonyl (C=O) groups is 1. The van der Waals surface area contributed by atoms with E-state index in [0.29, 0.717) is 0 Å². The SMILES string of the molecule is O=C(c1ccc(OO)cc1)c1ccc(OO)c(OO)c1OO. The number of hydrogen-bond donors (Lipinski definition) is 4. The highest BCUT2D eigenvalue weighted by atomic mass is 17.1. The van der Waals surface area contributed by atoms with E-state index in [1.165, 1.54) is 30.3 Å². The van der Waals surface area contributed by atoms with Crippen LogP contribution in [0.4, 0.5) is 0 Å². The van der Waals surface area contributed by atoms with E-state index < -0.39 is 17.3 Å². The van der Waals surface area contributed by atoms with Gasteiger partial charge in [0, 0.05) is 5.56 Å². The molecule has 0 bridgehead atoms. The molecular weight excluding hydrogens is 300 g/mol. The van der Waals surface area contributed by atoms with Crippen molar-refractivity contribution < 1.29 is 45.4 Å². The molecule has 0 unspecified atom stereocenters. The highest BCUT2D eigenvalue weighted by molar-refractivity contribution is 6.11. The van der Waals surface area contributed by atoms with Crippen LogP contribution in [-0.4, -0.2) is 26.8 Å². The van der Waals surface area contributed by atoms with E-state index in [9.17, 15) is 4.79 Å². The normalized spacial score (nSPS) is 10.0. The molecule has 2 rings (SSSR count). The number of benzene rings is 2. The summed E-state index contributed by atoms with van der Waals surface area (Å²) in [6.45, 7) is 0. The molecule has 0 aliphatic heterocycles. The fourth-order valence-electron chi connectivity index (χ4n) is 1.80. The third-order valence-corrected chi connectivity index (χ3v) is 2.82. The minimum absolute atomic E-state index is 0.124. The number of carbonyl (C=O) groups excluding carboxylic acids is 1. The van der Waals surface area contributed by atoms with Gasteiger partial charge in [-0.1, -0.05) is 0 Å². The zero-order valence-corrected chi connectivity index (χ0v) is 10.8. The van der Waals surface area contributed by atoms with E-state index >= 15 is 0 Å². The van der Waals surface area contributed by atoms with Crippen LogP contribution in [-0.2, 0) is 0 Å². The van der Waals surface area contributed by atoms with Gasteiger partial charge in [-0.15, -0.1) is 0 Å². The van der Waals surface area contributed by atoms with Crippen molar-refractivity contribution in [2.24, 2.45) is 0 Å². The van der Waals surface area contributed by atoms with Gasteiger partial charge in [0.05, 0.1) is 5.56 Å². The van der Waals surface area contributed by atoms with E-state index in [0.717, 1.165) is 6.07 Å². The summed E-state index contributed by atoms with van der Waals surface area (Å²) in [4.78, 5) is 28.3. The fraction of sp³-hybridized carbons (Fsp3) is 0. The topological polar surface area (TPSA) is 135 Å². The monoisotopic (exact) mass is 310 g/mol. The quantitative estimate of drug-likeness (QED) is 0.360. The zero-order chi connectivity index (χ0) is 16.1. The lowest BCUT2D eigenvalue weighted by Crippen LogP contribution is -2.06. The van der Waals surface area contributed by atoms with Gasteiger partial charge >= 0.3 is 0 Å². The smallest absolute Gasteiger partial charge is 0.257 e. The maximum Gasteiger partial charge on any atom is 0.257 e. The standard InChI is InChI=1S/C13H10O9/c14-11(7-1-3-8(19-15)4-2-7)9-5-6-10(20-16)13(22-18)12(9)21-17/h1-6,15-18H. The minimum Gasteiger partial charge on any atom is -0.340 e. The molecule has 116 valence electrons. The Hall–Kier alpha value is -2.85. The molecule has 2 aromatic carbocycles. The Morgan fingerprint density at radius 1 is 0.727 bits per heavy atom. The van der Waals surface area contributed by atoms with Gasteiger partial charge in [-0.05, 0) is 36.4 Å². The van der Waals surface area contributed by atoms with Gasteiger partial charge in [-0.2, -0.15) is 0 Å². The second-order valence-corrected chi connectivity index (χ2v) is 3.99. The second kappa shape index (κ2) is 6.74. The molecule has 0 heterocycles. The summed E-state index contributed by atoms with van der Waals surface area (Å²) in [6, 6.07) is 7.67. The molecule has 0 spiro atoms. The first-order chi connectivity index (χ1) is 10.7. The van der Waals surface area contributed by atoms with Gasteiger partial charge in [0.2, 0.25) is 11.5 Å². The molecule has 9 nitrogen and oxygen atoms in total. The van der Waals surface area contributed by atoms with Crippen molar-refractivity contribution in [2.45, 2.75) is 0 Å². The molecule has 0 fully saturated rings. The molecule has 0 aromatic heterocycles. The highest BCUT2D eigenvalue weighted by Gasteiger charge is 2.24. The third-order valence-electron chi connectivity index (χ3n) is 2.82. The molecule has 2 aromatic rings. The van der Waals surface area contributed by atoms with Crippen molar-refractivity contribution >= 4 is 5.78 Å². The van der Waals surface area contributed by atoms with Crippen molar-refractivity contribution in [1.29, 1.82) is 0 Å². The van der Waals surface area contributed by atoms with E-state index in [2.05, 4.69) is 19.6 Å². The number of hydrogen-bond acceptors (Lipinski definition) is 9. The van der Waals surface area contributed by atoms with Gasteiger partial charge in [-0.3, -0.25) is 4.79 Å². The summed E-state index contributed by atoms with van der Waals surface area (Å²) in [6.07, 6.45) is 0. The van der Waals surface area contributed by atoms with Crippen LogP contribution >= 0.6 is 0 Å². The molecule has 0 aliphatic rings. The van der Waals surface area contributed by atoms with Gasteiger partial charge in [-0.25, -0.2) is 21.0 Å². The molecule has 4 N–H and O–H groups in total. The van der Waals surface area contributed by atoms with Crippen LogP contribution in [0.2, 0.25) is 0 Å². The largest absolute Gasteiger partial charge is 0.340 e. The summed E-state index contributed by atoms with van der Waals surface area (Å²) in [7, 11) is 0. The first-order valence-electron chi connectivity index (χ1n) is 5.73. The fourth-order valence-corrected chi connectivity index (χ4v) is 1.80. The van der Waals surface area contributed by atoms with Crippen molar-refractivity contribution in [2.75, 3.05) is 0 Å². The van der Waals surface area contributed by atoms with Crippen LogP contribution < -0.4 is 19.6 Å². The molecule has 0 saturated heterocycles. The molecule has 0 amide bonds. The number of rotatable bonds is 6. The van der Waals surface area contributed by atoms with E-state index in [1.807, 2.05) is 0 Å².